The largest absolute Gasteiger partial charge is 0.448 e. The fraction of sp³-hybridized carbons (Fsp3) is 0.667. The number of nitrogens with zero attached hydrogens (tertiary/aromatic N) is 1. The van der Waals surface area contributed by atoms with Crippen LogP contribution in [0.4, 0.5) is 0 Å². The topological polar surface area (TPSA) is 95.6 Å². The molecule has 1 aliphatic rings. The second-order valence-corrected chi connectivity index (χ2v) is 4.67. The number of oxazole rings is 1. The lowest BCUT2D eigenvalue weighted by Gasteiger charge is -2.24. The predicted octanol–water partition coefficient (Wildman–Crippen LogP) is 0.377. The quantitative estimate of drug-likeness (QED) is 0.663. The number of hydrogen-bond donors (Lipinski definition) is 3. The molecule has 1 heterocycles. The summed E-state index contributed by atoms with van der Waals surface area (Å²) in [7, 11) is 0. The first-order chi connectivity index (χ1) is 8.58. The minimum Gasteiger partial charge on any atom is -0.448 e. The van der Waals surface area contributed by atoms with Gasteiger partial charge in [-0.05, 0) is 12.8 Å². The molecule has 1 aliphatic carbocycles. The first kappa shape index (κ1) is 13.0. The van der Waals surface area contributed by atoms with Gasteiger partial charge < -0.3 is 19.9 Å². The van der Waals surface area contributed by atoms with Gasteiger partial charge in [-0.25, -0.2) is 4.98 Å². The van der Waals surface area contributed by atoms with Crippen LogP contribution in [0, 0.1) is 6.92 Å². The zero-order chi connectivity index (χ0) is 13.1. The highest BCUT2D eigenvalue weighted by Crippen LogP contribution is 2.19. The van der Waals surface area contributed by atoms with E-state index in [9.17, 15) is 15.0 Å². The monoisotopic (exact) mass is 254 g/mol. The Morgan fingerprint density at radius 3 is 2.83 bits per heavy atom. The first-order valence-electron chi connectivity index (χ1n) is 6.17. The van der Waals surface area contributed by atoms with E-state index in [1.54, 1.807) is 6.92 Å². The van der Waals surface area contributed by atoms with Crippen molar-refractivity contribution in [2.24, 2.45) is 0 Å². The molecule has 100 valence electrons. The molecule has 6 nitrogen and oxygen atoms in total. The zero-order valence-corrected chi connectivity index (χ0v) is 10.3. The fourth-order valence-electron chi connectivity index (χ4n) is 2.19. The van der Waals surface area contributed by atoms with Gasteiger partial charge in [-0.1, -0.05) is 12.8 Å². The van der Waals surface area contributed by atoms with Crippen molar-refractivity contribution in [3.8, 4) is 0 Å². The fourth-order valence-corrected chi connectivity index (χ4v) is 2.19. The van der Waals surface area contributed by atoms with Gasteiger partial charge in [-0.2, -0.15) is 0 Å². The number of aliphatic hydroxyl groups excluding tert-OH is 2. The van der Waals surface area contributed by atoms with Crippen molar-refractivity contribution >= 4 is 5.91 Å². The van der Waals surface area contributed by atoms with Gasteiger partial charge in [0.2, 0.25) is 0 Å². The molecule has 1 aromatic rings. The van der Waals surface area contributed by atoms with E-state index in [0.29, 0.717) is 18.7 Å². The van der Waals surface area contributed by atoms with Crippen LogP contribution in [0.2, 0.25) is 0 Å². The van der Waals surface area contributed by atoms with Crippen molar-refractivity contribution in [2.45, 2.75) is 50.9 Å². The number of amides is 1. The third kappa shape index (κ3) is 2.88. The van der Waals surface area contributed by atoms with E-state index in [1.807, 2.05) is 0 Å². The number of carbonyl (C=O) groups excluding carboxylic acids is 1. The second kappa shape index (κ2) is 5.49. The van der Waals surface area contributed by atoms with Crippen molar-refractivity contribution in [1.29, 1.82) is 0 Å². The Hall–Kier alpha value is -1.40. The van der Waals surface area contributed by atoms with Crippen molar-refractivity contribution in [3.63, 3.8) is 0 Å². The first-order valence-corrected chi connectivity index (χ1v) is 6.17. The molecule has 1 saturated carbocycles. The van der Waals surface area contributed by atoms with Gasteiger partial charge in [-0.3, -0.25) is 4.79 Å². The van der Waals surface area contributed by atoms with Crippen LogP contribution in [0.1, 0.15) is 42.1 Å². The van der Waals surface area contributed by atoms with Crippen LogP contribution in [0.25, 0.3) is 0 Å². The number of aliphatic hydroxyl groups is 2. The highest BCUT2D eigenvalue weighted by Gasteiger charge is 2.30. The van der Waals surface area contributed by atoms with Gasteiger partial charge in [0.05, 0.1) is 18.2 Å². The molecule has 3 N–H and O–H groups in total. The minimum absolute atomic E-state index is 0.193. The Kier molecular flexibility index (Phi) is 3.98. The maximum Gasteiger partial charge on any atom is 0.273 e. The van der Waals surface area contributed by atoms with Gasteiger partial charge in [0, 0.05) is 6.92 Å². The van der Waals surface area contributed by atoms with Gasteiger partial charge in [0.15, 0.2) is 11.6 Å². The lowest BCUT2D eigenvalue weighted by Crippen LogP contribution is -2.47. The summed E-state index contributed by atoms with van der Waals surface area (Å²) in [4.78, 5) is 15.8. The summed E-state index contributed by atoms with van der Waals surface area (Å²) < 4.78 is 4.96. The molecular formula is C12H18N2O4. The summed E-state index contributed by atoms with van der Waals surface area (Å²) in [6.45, 7) is 1.65. The molecule has 18 heavy (non-hydrogen) atoms. The lowest BCUT2D eigenvalue weighted by atomic mass is 10.0. The van der Waals surface area contributed by atoms with Crippen LogP contribution >= 0.6 is 0 Å². The molecule has 0 aliphatic heterocycles. The molecule has 1 fully saturated rings. The van der Waals surface area contributed by atoms with Crippen molar-refractivity contribution in [1.82, 2.24) is 10.3 Å². The van der Waals surface area contributed by atoms with E-state index < -0.39 is 18.2 Å². The number of aromatic nitrogens is 1. The summed E-state index contributed by atoms with van der Waals surface area (Å²) >= 11 is 0. The molecule has 6 heteroatoms. The molecule has 0 unspecified atom stereocenters. The molecule has 1 amide bonds. The molecule has 0 spiro atoms. The number of hydrogen-bond acceptors (Lipinski definition) is 5. The molecule has 0 radical (unpaired) electrons. The molecule has 0 aromatic carbocycles. The molecule has 0 saturated heterocycles. The smallest absolute Gasteiger partial charge is 0.273 e. The van der Waals surface area contributed by atoms with Crippen molar-refractivity contribution in [2.75, 3.05) is 0 Å². The van der Waals surface area contributed by atoms with E-state index in [-0.39, 0.29) is 11.6 Å². The summed E-state index contributed by atoms with van der Waals surface area (Å²) in [5.74, 6) is 0.0339. The SMILES string of the molecule is Cc1nc(C(=O)N[C@@H]2CCCC[C@@H](O)[C@@H]2O)co1. The summed E-state index contributed by atoms with van der Waals surface area (Å²) in [5.41, 5.74) is 0.193. The second-order valence-electron chi connectivity index (χ2n) is 4.67. The van der Waals surface area contributed by atoms with E-state index in [0.717, 1.165) is 12.8 Å². The van der Waals surface area contributed by atoms with E-state index in [2.05, 4.69) is 10.3 Å². The lowest BCUT2D eigenvalue weighted by molar-refractivity contribution is -0.00129. The highest BCUT2D eigenvalue weighted by atomic mass is 16.3. The Bertz CT molecular complexity index is 418. The molecule has 2 rings (SSSR count). The predicted molar refractivity (Wildman–Crippen MR) is 63.0 cm³/mol. The Balaban J connectivity index is 2.01. The van der Waals surface area contributed by atoms with Gasteiger partial charge >= 0.3 is 0 Å². The Morgan fingerprint density at radius 2 is 2.17 bits per heavy atom. The average molecular weight is 254 g/mol. The van der Waals surface area contributed by atoms with Crippen molar-refractivity contribution in [3.05, 3.63) is 17.8 Å². The third-order valence-corrected chi connectivity index (χ3v) is 3.24. The van der Waals surface area contributed by atoms with Crippen molar-refractivity contribution < 1.29 is 19.4 Å². The number of aryl methyl sites for hydroxylation is 1. The third-order valence-electron chi connectivity index (χ3n) is 3.24. The van der Waals surface area contributed by atoms with Gasteiger partial charge in [-0.15, -0.1) is 0 Å². The zero-order valence-electron chi connectivity index (χ0n) is 10.3. The molecule has 1 aromatic heterocycles. The van der Waals surface area contributed by atoms with Crippen LogP contribution in [0.3, 0.4) is 0 Å². The molecule has 0 bridgehead atoms. The number of rotatable bonds is 2. The molecule has 3 atom stereocenters. The van der Waals surface area contributed by atoms with Gasteiger partial charge in [0.1, 0.15) is 6.26 Å². The Morgan fingerprint density at radius 1 is 1.44 bits per heavy atom. The van der Waals surface area contributed by atoms with Crippen LogP contribution in [0.15, 0.2) is 10.7 Å². The maximum absolute atomic E-state index is 11.9. The highest BCUT2D eigenvalue weighted by molar-refractivity contribution is 5.92. The number of carbonyl (C=O) groups is 1. The van der Waals surface area contributed by atoms with E-state index in [1.165, 1.54) is 6.26 Å². The molecular weight excluding hydrogens is 236 g/mol. The summed E-state index contributed by atoms with van der Waals surface area (Å²) in [5, 5.41) is 22.3. The van der Waals surface area contributed by atoms with Crippen LogP contribution in [-0.2, 0) is 0 Å². The van der Waals surface area contributed by atoms with E-state index in [4.69, 9.17) is 4.42 Å². The van der Waals surface area contributed by atoms with Crippen LogP contribution in [0.5, 0.6) is 0 Å². The number of nitrogens with one attached hydrogen (secondary N) is 1. The maximum atomic E-state index is 11.9. The summed E-state index contributed by atoms with van der Waals surface area (Å²) in [6, 6.07) is -0.438. The standard InChI is InChI=1S/C12H18N2O4/c1-7-13-9(6-18-7)12(17)14-8-4-2-3-5-10(15)11(8)16/h6,8,10-11,15-16H,2-5H2,1H3,(H,14,17)/t8-,10-,11-/m1/s1. The minimum atomic E-state index is -0.926. The normalized spacial score (nSPS) is 28.7. The summed E-state index contributed by atoms with van der Waals surface area (Å²) in [6.07, 6.45) is 2.52. The van der Waals surface area contributed by atoms with Gasteiger partial charge in [0.25, 0.3) is 5.91 Å². The van der Waals surface area contributed by atoms with E-state index >= 15 is 0 Å². The Labute approximate surface area is 105 Å². The average Bonchev–Trinajstić information content (AvgIpc) is 2.72. The van der Waals surface area contributed by atoms with Crippen LogP contribution in [-0.4, -0.2) is 39.4 Å². The van der Waals surface area contributed by atoms with Crippen LogP contribution < -0.4 is 5.32 Å².